The van der Waals surface area contributed by atoms with Gasteiger partial charge in [0.15, 0.2) is 0 Å². The number of nitrogens with zero attached hydrogens (tertiary/aromatic N) is 1. The van der Waals surface area contributed by atoms with Gasteiger partial charge in [0, 0.05) is 7.05 Å². The molecular weight excluding hydrogens is 376 g/mol. The first-order valence-corrected chi connectivity index (χ1v) is 10.6. The Kier molecular flexibility index (Phi) is 7.21. The Morgan fingerprint density at radius 2 is 1.79 bits per heavy atom. The number of amides is 1. The highest BCUT2D eigenvalue weighted by molar-refractivity contribution is 7.89. The first kappa shape index (κ1) is 21.9. The highest BCUT2D eigenvalue weighted by Gasteiger charge is 2.24. The van der Waals surface area contributed by atoms with Crippen LogP contribution in [0.1, 0.15) is 36.1 Å². The number of aryl methyl sites for hydroxylation is 2. The Morgan fingerprint density at radius 1 is 1.14 bits per heavy atom. The Morgan fingerprint density at radius 3 is 2.32 bits per heavy atom. The molecule has 0 bridgehead atoms. The normalized spacial score (nSPS) is 12.6. The number of hydrogen-bond donors (Lipinski definition) is 1. The first-order chi connectivity index (χ1) is 13.2. The van der Waals surface area contributed by atoms with Gasteiger partial charge >= 0.3 is 0 Å². The van der Waals surface area contributed by atoms with E-state index in [4.69, 9.17) is 4.74 Å². The number of methoxy groups -OCH3 is 1. The lowest BCUT2D eigenvalue weighted by Gasteiger charge is -2.22. The van der Waals surface area contributed by atoms with Gasteiger partial charge in [-0.05, 0) is 55.7 Å². The average molecular weight is 405 g/mol. The number of hydrogen-bond acceptors (Lipinski definition) is 4. The van der Waals surface area contributed by atoms with E-state index in [1.54, 1.807) is 12.1 Å². The van der Waals surface area contributed by atoms with Crippen LogP contribution in [0.25, 0.3) is 0 Å². The van der Waals surface area contributed by atoms with Gasteiger partial charge in [0.05, 0.1) is 24.6 Å². The molecule has 7 heteroatoms. The predicted molar refractivity (Wildman–Crippen MR) is 110 cm³/mol. The molecule has 0 aliphatic heterocycles. The van der Waals surface area contributed by atoms with Crippen LogP contribution in [0.4, 0.5) is 0 Å². The van der Waals surface area contributed by atoms with Crippen molar-refractivity contribution < 1.29 is 17.9 Å². The summed E-state index contributed by atoms with van der Waals surface area (Å²) in [5, 5.41) is 2.95. The molecule has 0 saturated carbocycles. The van der Waals surface area contributed by atoms with Crippen LogP contribution in [-0.4, -0.2) is 39.3 Å². The third-order valence-corrected chi connectivity index (χ3v) is 6.50. The van der Waals surface area contributed by atoms with Crippen molar-refractivity contribution in [3.05, 3.63) is 59.2 Å². The van der Waals surface area contributed by atoms with E-state index in [9.17, 15) is 13.2 Å². The number of benzene rings is 2. The second-order valence-electron chi connectivity index (χ2n) is 6.83. The maximum Gasteiger partial charge on any atom is 0.243 e. The molecule has 0 unspecified atom stereocenters. The van der Waals surface area contributed by atoms with Crippen LogP contribution in [0.2, 0.25) is 0 Å². The van der Waals surface area contributed by atoms with Gasteiger partial charge in [-0.2, -0.15) is 4.31 Å². The van der Waals surface area contributed by atoms with Crippen LogP contribution < -0.4 is 10.1 Å². The van der Waals surface area contributed by atoms with E-state index in [-0.39, 0.29) is 23.4 Å². The Balaban J connectivity index is 2.09. The summed E-state index contributed by atoms with van der Waals surface area (Å²) in [5.74, 6) is 0.227. The summed E-state index contributed by atoms with van der Waals surface area (Å²) in [4.78, 5) is 12.6. The molecule has 0 aromatic heterocycles. The van der Waals surface area contributed by atoms with Crippen LogP contribution >= 0.6 is 0 Å². The Hall–Kier alpha value is -2.38. The molecule has 0 saturated heterocycles. The van der Waals surface area contributed by atoms with Crippen LogP contribution in [0, 0.1) is 13.8 Å². The summed E-state index contributed by atoms with van der Waals surface area (Å²) in [6.07, 6.45) is 0.713. The minimum atomic E-state index is -3.76. The van der Waals surface area contributed by atoms with Gasteiger partial charge in [-0.25, -0.2) is 8.42 Å². The monoisotopic (exact) mass is 404 g/mol. The maximum absolute atomic E-state index is 12.7. The molecule has 0 spiro atoms. The number of carbonyl (C=O) groups excluding carboxylic acids is 1. The van der Waals surface area contributed by atoms with E-state index < -0.39 is 10.0 Å². The summed E-state index contributed by atoms with van der Waals surface area (Å²) in [7, 11) is -0.849. The van der Waals surface area contributed by atoms with Gasteiger partial charge in [0.2, 0.25) is 15.9 Å². The second-order valence-corrected chi connectivity index (χ2v) is 8.87. The number of likely N-dealkylation sites (N-methyl/N-ethyl adjacent to an activating group) is 1. The molecule has 0 fully saturated rings. The van der Waals surface area contributed by atoms with Crippen LogP contribution in [-0.2, 0) is 14.8 Å². The molecule has 0 radical (unpaired) electrons. The van der Waals surface area contributed by atoms with Gasteiger partial charge in [-0.1, -0.05) is 30.7 Å². The molecule has 0 aliphatic rings. The van der Waals surface area contributed by atoms with Gasteiger partial charge in [0.1, 0.15) is 5.75 Å². The third kappa shape index (κ3) is 5.11. The van der Waals surface area contributed by atoms with Crippen molar-refractivity contribution in [3.63, 3.8) is 0 Å². The van der Waals surface area contributed by atoms with Crippen molar-refractivity contribution in [2.45, 2.75) is 38.1 Å². The van der Waals surface area contributed by atoms with Crippen LogP contribution in [0.3, 0.4) is 0 Å². The molecule has 2 aromatic carbocycles. The van der Waals surface area contributed by atoms with E-state index in [0.717, 1.165) is 21.0 Å². The number of ether oxygens (including phenoxy) is 1. The fourth-order valence-corrected chi connectivity index (χ4v) is 4.20. The predicted octanol–water partition coefficient (Wildman–Crippen LogP) is 3.20. The molecule has 1 N–H and O–H groups in total. The number of nitrogens with one attached hydrogen (secondary N) is 1. The molecular formula is C21H28N2O4S. The highest BCUT2D eigenvalue weighted by Crippen LogP contribution is 2.22. The van der Waals surface area contributed by atoms with Crippen LogP contribution in [0.15, 0.2) is 47.4 Å². The van der Waals surface area contributed by atoms with E-state index >= 15 is 0 Å². The minimum absolute atomic E-state index is 0.116. The lowest BCUT2D eigenvalue weighted by atomic mass is 9.97. The SMILES string of the molecule is CC[C@@H](NC(=O)CN(C)S(=O)(=O)c1ccc(OC)cc1)c1ccc(C)cc1C. The maximum atomic E-state index is 12.7. The zero-order valence-electron chi connectivity index (χ0n) is 17.0. The smallest absolute Gasteiger partial charge is 0.243 e. The van der Waals surface area contributed by atoms with E-state index in [1.165, 1.54) is 26.3 Å². The number of rotatable bonds is 8. The summed E-state index contributed by atoms with van der Waals surface area (Å²) in [6.45, 7) is 5.77. The lowest BCUT2D eigenvalue weighted by molar-refractivity contribution is -0.121. The van der Waals surface area contributed by atoms with Gasteiger partial charge in [-0.15, -0.1) is 0 Å². The lowest BCUT2D eigenvalue weighted by Crippen LogP contribution is -2.39. The minimum Gasteiger partial charge on any atom is -0.497 e. The fraction of sp³-hybridized carbons (Fsp3) is 0.381. The fourth-order valence-electron chi connectivity index (χ4n) is 3.07. The summed E-state index contributed by atoms with van der Waals surface area (Å²) in [6, 6.07) is 12.0. The largest absolute Gasteiger partial charge is 0.497 e. The van der Waals surface area contributed by atoms with E-state index in [2.05, 4.69) is 11.4 Å². The number of carbonyl (C=O) groups is 1. The summed E-state index contributed by atoms with van der Waals surface area (Å²) >= 11 is 0. The highest BCUT2D eigenvalue weighted by atomic mass is 32.2. The van der Waals surface area contributed by atoms with Gasteiger partial charge in [-0.3, -0.25) is 4.79 Å². The molecule has 1 atom stereocenters. The molecule has 6 nitrogen and oxygen atoms in total. The van der Waals surface area contributed by atoms with Gasteiger partial charge in [0.25, 0.3) is 0 Å². The van der Waals surface area contributed by atoms with Crippen molar-refractivity contribution in [2.24, 2.45) is 0 Å². The second kappa shape index (κ2) is 9.21. The molecule has 152 valence electrons. The zero-order chi connectivity index (χ0) is 20.9. The van der Waals surface area contributed by atoms with Crippen LogP contribution in [0.5, 0.6) is 5.75 Å². The molecule has 28 heavy (non-hydrogen) atoms. The summed E-state index contributed by atoms with van der Waals surface area (Å²) < 4.78 is 31.5. The van der Waals surface area contributed by atoms with Crippen molar-refractivity contribution in [1.29, 1.82) is 0 Å². The third-order valence-electron chi connectivity index (χ3n) is 4.68. The van der Waals surface area contributed by atoms with Crippen molar-refractivity contribution in [2.75, 3.05) is 20.7 Å². The van der Waals surface area contributed by atoms with Gasteiger partial charge < -0.3 is 10.1 Å². The quantitative estimate of drug-likeness (QED) is 0.733. The molecule has 2 rings (SSSR count). The first-order valence-electron chi connectivity index (χ1n) is 9.16. The molecule has 0 aliphatic carbocycles. The summed E-state index contributed by atoms with van der Waals surface area (Å²) in [5.41, 5.74) is 3.31. The van der Waals surface area contributed by atoms with E-state index in [1.807, 2.05) is 32.9 Å². The van der Waals surface area contributed by atoms with Crippen molar-refractivity contribution in [1.82, 2.24) is 9.62 Å². The zero-order valence-corrected chi connectivity index (χ0v) is 17.8. The molecule has 0 heterocycles. The standard InChI is InChI=1S/C21H28N2O4S/c1-6-20(19-12-7-15(2)13-16(19)3)22-21(24)14-23(4)28(25,26)18-10-8-17(27-5)9-11-18/h7-13,20H,6,14H2,1-5H3,(H,22,24)/t20-/m1/s1. The average Bonchev–Trinajstić information content (AvgIpc) is 2.66. The molecule has 2 aromatic rings. The Labute approximate surface area is 167 Å². The Bertz CT molecular complexity index is 924. The van der Waals surface area contributed by atoms with Crippen molar-refractivity contribution in [3.8, 4) is 5.75 Å². The van der Waals surface area contributed by atoms with Crippen molar-refractivity contribution >= 4 is 15.9 Å². The topological polar surface area (TPSA) is 75.7 Å². The van der Waals surface area contributed by atoms with E-state index in [0.29, 0.717) is 12.2 Å². The molecule has 1 amide bonds. The number of sulfonamides is 1.